The van der Waals surface area contributed by atoms with E-state index < -0.39 is 11.6 Å². The summed E-state index contributed by atoms with van der Waals surface area (Å²) in [5, 5.41) is 10.1. The van der Waals surface area contributed by atoms with Crippen LogP contribution in [0.1, 0.15) is 23.2 Å². The van der Waals surface area contributed by atoms with Crippen LogP contribution in [0.15, 0.2) is 47.5 Å². The summed E-state index contributed by atoms with van der Waals surface area (Å²) in [6.07, 6.45) is 4.73. The molecule has 2 heterocycles. The van der Waals surface area contributed by atoms with Crippen molar-refractivity contribution < 1.29 is 14.3 Å². The van der Waals surface area contributed by atoms with Crippen LogP contribution >= 0.6 is 23.3 Å². The fourth-order valence-electron chi connectivity index (χ4n) is 3.11. The quantitative estimate of drug-likeness (QED) is 0.427. The highest BCUT2D eigenvalue weighted by atomic mass is 32.2. The van der Waals surface area contributed by atoms with Gasteiger partial charge in [-0.25, -0.2) is 9.37 Å². The number of rotatable bonds is 6. The summed E-state index contributed by atoms with van der Waals surface area (Å²) in [4.78, 5) is 19.2. The second-order valence-corrected chi connectivity index (χ2v) is 8.35. The number of hydrogen-bond acceptors (Lipinski definition) is 7. The van der Waals surface area contributed by atoms with Crippen LogP contribution in [-0.2, 0) is 0 Å². The Hall–Kier alpha value is -2.58. The summed E-state index contributed by atoms with van der Waals surface area (Å²) in [6, 6.07) is 11.1. The highest BCUT2D eigenvalue weighted by Crippen LogP contribution is 2.34. The fraction of sp³-hybridized carbons (Fsp3) is 0.200. The number of aldehydes is 1. The van der Waals surface area contributed by atoms with Crippen LogP contribution in [0.2, 0.25) is 0 Å². The molecule has 0 saturated carbocycles. The zero-order chi connectivity index (χ0) is 19.5. The molecule has 8 heteroatoms. The molecule has 0 bridgehead atoms. The van der Waals surface area contributed by atoms with Crippen molar-refractivity contribution in [3.63, 3.8) is 0 Å². The van der Waals surface area contributed by atoms with Crippen LogP contribution in [0.25, 0.3) is 10.4 Å². The van der Waals surface area contributed by atoms with E-state index in [0.29, 0.717) is 16.3 Å². The van der Waals surface area contributed by atoms with Gasteiger partial charge in [-0.05, 0) is 54.6 Å². The smallest absolute Gasteiger partial charge is 0.193 e. The maximum atomic E-state index is 13.7. The molecule has 2 aromatic carbocycles. The van der Waals surface area contributed by atoms with Crippen LogP contribution < -0.4 is 9.62 Å². The molecule has 2 N–H and O–H groups in total. The molecule has 0 radical (unpaired) electrons. The summed E-state index contributed by atoms with van der Waals surface area (Å²) in [5.74, 6) is -1.46. The van der Waals surface area contributed by atoms with E-state index >= 15 is 0 Å². The fourth-order valence-corrected chi connectivity index (χ4v) is 4.68. The van der Waals surface area contributed by atoms with Gasteiger partial charge in [0, 0.05) is 29.9 Å². The number of benzene rings is 2. The number of hydrogen-bond donors (Lipinski definition) is 2. The number of nitrogens with zero attached hydrogens (tertiary/aromatic N) is 2. The molecule has 4 rings (SSSR count). The minimum Gasteiger partial charge on any atom is -0.504 e. The van der Waals surface area contributed by atoms with E-state index in [1.807, 2.05) is 0 Å². The maximum absolute atomic E-state index is 13.7. The third-order valence-corrected chi connectivity index (χ3v) is 6.44. The van der Waals surface area contributed by atoms with Gasteiger partial charge in [0.05, 0.1) is 10.4 Å². The van der Waals surface area contributed by atoms with Crippen LogP contribution in [0.5, 0.6) is 5.75 Å². The average Bonchev–Trinajstić information content (AvgIpc) is 3.41. The van der Waals surface area contributed by atoms with Crippen molar-refractivity contribution in [1.29, 1.82) is 0 Å². The minimum absolute atomic E-state index is 0.0813. The summed E-state index contributed by atoms with van der Waals surface area (Å²) >= 11 is 2.63. The number of anilines is 2. The van der Waals surface area contributed by atoms with E-state index in [0.717, 1.165) is 35.5 Å². The Bertz CT molecular complexity index is 986. The largest absolute Gasteiger partial charge is 0.504 e. The van der Waals surface area contributed by atoms with Gasteiger partial charge in [0.15, 0.2) is 23.0 Å². The zero-order valence-electron chi connectivity index (χ0n) is 14.9. The molecule has 1 fully saturated rings. The Labute approximate surface area is 170 Å². The summed E-state index contributed by atoms with van der Waals surface area (Å²) in [7, 11) is 0. The van der Waals surface area contributed by atoms with Gasteiger partial charge < -0.3 is 14.7 Å². The first kappa shape index (κ1) is 18.8. The van der Waals surface area contributed by atoms with Gasteiger partial charge in [-0.2, -0.15) is 0 Å². The number of phenolic OH excluding ortho intramolecular Hbond substituents is 1. The molecule has 3 aromatic rings. The number of halogens is 1. The first-order valence-corrected chi connectivity index (χ1v) is 10.5. The van der Waals surface area contributed by atoms with Gasteiger partial charge in [0.1, 0.15) is 0 Å². The molecular formula is C20H18FN3O2S2. The van der Waals surface area contributed by atoms with Crippen molar-refractivity contribution in [2.45, 2.75) is 17.7 Å². The second-order valence-electron chi connectivity index (χ2n) is 6.44. The second kappa shape index (κ2) is 8.20. The number of carbonyl (C=O) groups excluding carboxylic acids is 1. The highest BCUT2D eigenvalue weighted by Gasteiger charge is 2.13. The molecule has 5 nitrogen and oxygen atoms in total. The number of aromatic hydroxyl groups is 1. The molecule has 0 aliphatic carbocycles. The van der Waals surface area contributed by atoms with Crippen LogP contribution in [0, 0.1) is 5.82 Å². The first-order chi connectivity index (χ1) is 13.6. The molecule has 1 saturated heterocycles. The molecule has 0 spiro atoms. The van der Waals surface area contributed by atoms with Crippen molar-refractivity contribution in [2.24, 2.45) is 0 Å². The molecule has 1 aliphatic rings. The van der Waals surface area contributed by atoms with Gasteiger partial charge >= 0.3 is 0 Å². The number of nitrogens with one attached hydrogen (secondary N) is 1. The molecular weight excluding hydrogens is 397 g/mol. The molecule has 1 aliphatic heterocycles. The van der Waals surface area contributed by atoms with E-state index in [9.17, 15) is 14.3 Å². The van der Waals surface area contributed by atoms with Gasteiger partial charge in [-0.1, -0.05) is 23.5 Å². The van der Waals surface area contributed by atoms with Gasteiger partial charge in [0.25, 0.3) is 0 Å². The third-order valence-electron chi connectivity index (χ3n) is 4.58. The van der Waals surface area contributed by atoms with Crippen molar-refractivity contribution in [3.8, 4) is 16.2 Å². The van der Waals surface area contributed by atoms with Crippen LogP contribution in [-0.4, -0.2) is 29.5 Å². The topological polar surface area (TPSA) is 65.5 Å². The van der Waals surface area contributed by atoms with Crippen molar-refractivity contribution >= 4 is 40.4 Å². The first-order valence-electron chi connectivity index (χ1n) is 8.86. The normalized spacial score (nSPS) is 13.7. The average molecular weight is 416 g/mol. The zero-order valence-corrected chi connectivity index (χ0v) is 16.5. The lowest BCUT2D eigenvalue weighted by atomic mass is 10.2. The monoisotopic (exact) mass is 415 g/mol. The predicted molar refractivity (Wildman–Crippen MR) is 112 cm³/mol. The Morgan fingerprint density at radius 2 is 1.96 bits per heavy atom. The number of phenols is 1. The Morgan fingerprint density at radius 1 is 1.21 bits per heavy atom. The van der Waals surface area contributed by atoms with Crippen molar-refractivity contribution in [3.05, 3.63) is 54.0 Å². The van der Waals surface area contributed by atoms with Crippen LogP contribution in [0.4, 0.5) is 15.2 Å². The molecule has 0 amide bonds. The highest BCUT2D eigenvalue weighted by molar-refractivity contribution is 8.00. The molecule has 0 atom stereocenters. The van der Waals surface area contributed by atoms with E-state index in [-0.39, 0.29) is 5.56 Å². The Morgan fingerprint density at radius 3 is 2.68 bits per heavy atom. The molecule has 1 aromatic heterocycles. The SMILES string of the molecule is O=Cc1cc(SNc2ncc(-c3ccc(N4CCCC4)cc3)s2)cc(F)c1O. The van der Waals surface area contributed by atoms with E-state index in [4.69, 9.17) is 0 Å². The van der Waals surface area contributed by atoms with Gasteiger partial charge in [-0.15, -0.1) is 0 Å². The minimum atomic E-state index is -0.827. The lowest BCUT2D eigenvalue weighted by molar-refractivity contribution is 0.112. The summed E-state index contributed by atoms with van der Waals surface area (Å²) < 4.78 is 16.7. The molecule has 0 unspecified atom stereocenters. The molecule has 144 valence electrons. The summed E-state index contributed by atoms with van der Waals surface area (Å²) in [6.45, 7) is 2.24. The number of aromatic nitrogens is 1. The Kier molecular flexibility index (Phi) is 5.50. The molecule has 28 heavy (non-hydrogen) atoms. The predicted octanol–water partition coefficient (Wildman–Crippen LogP) is 5.19. The van der Waals surface area contributed by atoms with E-state index in [1.165, 1.54) is 42.0 Å². The summed E-state index contributed by atoms with van der Waals surface area (Å²) in [5.41, 5.74) is 2.26. The number of thiazole rings is 1. The Balaban J connectivity index is 1.43. The van der Waals surface area contributed by atoms with Gasteiger partial charge in [0.2, 0.25) is 0 Å². The van der Waals surface area contributed by atoms with Crippen LogP contribution in [0.3, 0.4) is 0 Å². The maximum Gasteiger partial charge on any atom is 0.193 e. The third kappa shape index (κ3) is 3.98. The number of carbonyl (C=O) groups is 1. The van der Waals surface area contributed by atoms with E-state index in [1.54, 1.807) is 6.20 Å². The lowest BCUT2D eigenvalue weighted by Gasteiger charge is -2.17. The van der Waals surface area contributed by atoms with Crippen molar-refractivity contribution in [2.75, 3.05) is 22.7 Å². The standard InChI is InChI=1S/C20H18FN3O2S2/c21-17-10-16(9-14(12-25)19(17)26)28-23-20-22-11-18(27-20)13-3-5-15(6-4-13)24-7-1-2-8-24/h3-6,9-12,26H,1-2,7-8H2,(H,22,23). The van der Waals surface area contributed by atoms with E-state index in [2.05, 4.69) is 38.9 Å². The lowest BCUT2D eigenvalue weighted by Crippen LogP contribution is -2.17. The van der Waals surface area contributed by atoms with Gasteiger partial charge in [-0.3, -0.25) is 4.79 Å². The van der Waals surface area contributed by atoms with Crippen molar-refractivity contribution in [1.82, 2.24) is 4.98 Å².